The predicted octanol–water partition coefficient (Wildman–Crippen LogP) is 2.61. The van der Waals surface area contributed by atoms with Crippen molar-refractivity contribution in [2.45, 2.75) is 39.5 Å². The second-order valence-corrected chi connectivity index (χ2v) is 5.68. The minimum absolute atomic E-state index is 0.00160. The molecule has 1 heterocycles. The molecule has 0 unspecified atom stereocenters. The van der Waals surface area contributed by atoms with Crippen molar-refractivity contribution in [3.05, 3.63) is 23.4 Å². The molecule has 0 spiro atoms. The molecule has 2 N–H and O–H groups in total. The maximum atomic E-state index is 12.2. The van der Waals surface area contributed by atoms with Crippen LogP contribution in [0.4, 0.5) is 5.82 Å². The van der Waals surface area contributed by atoms with Crippen molar-refractivity contribution in [2.24, 2.45) is 5.41 Å². The highest BCUT2D eigenvalue weighted by atomic mass is 16.1. The molecule has 0 aliphatic heterocycles. The molecule has 104 valence electrons. The zero-order valence-corrected chi connectivity index (χ0v) is 12.0. The molecule has 1 fully saturated rings. The lowest BCUT2D eigenvalue weighted by Crippen LogP contribution is -2.40. The second-order valence-electron chi connectivity index (χ2n) is 5.68. The van der Waals surface area contributed by atoms with Crippen LogP contribution in [0.15, 0.2) is 12.1 Å². The van der Waals surface area contributed by atoms with Gasteiger partial charge in [0.15, 0.2) is 0 Å². The van der Waals surface area contributed by atoms with Crippen LogP contribution >= 0.6 is 0 Å². The van der Waals surface area contributed by atoms with E-state index >= 15 is 0 Å². The molecule has 0 saturated heterocycles. The van der Waals surface area contributed by atoms with Crippen molar-refractivity contribution in [3.63, 3.8) is 0 Å². The molecule has 2 rings (SSSR count). The molecule has 1 aromatic rings. The van der Waals surface area contributed by atoms with Crippen LogP contribution in [0.5, 0.6) is 0 Å². The van der Waals surface area contributed by atoms with Crippen LogP contribution in [0.3, 0.4) is 0 Å². The first kappa shape index (κ1) is 13.8. The third kappa shape index (κ3) is 3.25. The quantitative estimate of drug-likeness (QED) is 0.856. The van der Waals surface area contributed by atoms with Crippen molar-refractivity contribution in [3.8, 4) is 0 Å². The molecule has 4 nitrogen and oxygen atoms in total. The Morgan fingerprint density at radius 1 is 1.42 bits per heavy atom. The van der Waals surface area contributed by atoms with Gasteiger partial charge in [-0.15, -0.1) is 0 Å². The Bertz CT molecular complexity index is 444. The number of hydrogen-bond donors (Lipinski definition) is 2. The Kier molecular flexibility index (Phi) is 4.08. The van der Waals surface area contributed by atoms with E-state index < -0.39 is 0 Å². The molecule has 1 saturated carbocycles. The molecular weight excluding hydrogens is 238 g/mol. The van der Waals surface area contributed by atoms with Crippen molar-refractivity contribution in [2.75, 3.05) is 18.9 Å². The van der Waals surface area contributed by atoms with Gasteiger partial charge in [0.2, 0.25) is 0 Å². The van der Waals surface area contributed by atoms with E-state index in [0.29, 0.717) is 11.0 Å². The first-order chi connectivity index (χ1) is 9.06. The number of carbonyl (C=O) groups is 1. The molecule has 0 aromatic carbocycles. The Balaban J connectivity index is 2.05. The van der Waals surface area contributed by atoms with E-state index in [4.69, 9.17) is 0 Å². The highest BCUT2D eigenvalue weighted by molar-refractivity contribution is 5.95. The molecule has 1 amide bonds. The average Bonchev–Trinajstić information content (AvgIpc) is 2.41. The zero-order valence-electron chi connectivity index (χ0n) is 12.0. The smallest absolute Gasteiger partial charge is 0.251 e. The molecule has 0 radical (unpaired) electrons. The average molecular weight is 261 g/mol. The van der Waals surface area contributed by atoms with Gasteiger partial charge < -0.3 is 10.6 Å². The van der Waals surface area contributed by atoms with Crippen LogP contribution in [-0.2, 0) is 6.42 Å². The fraction of sp³-hybridized carbons (Fsp3) is 0.600. The number of nitrogens with one attached hydrogen (secondary N) is 2. The van der Waals surface area contributed by atoms with Gasteiger partial charge in [0.05, 0.1) is 0 Å². The molecule has 1 aliphatic rings. The minimum Gasteiger partial charge on any atom is -0.373 e. The van der Waals surface area contributed by atoms with Gasteiger partial charge in [-0.05, 0) is 36.8 Å². The summed E-state index contributed by atoms with van der Waals surface area (Å²) < 4.78 is 0. The minimum atomic E-state index is 0.00160. The highest BCUT2D eigenvalue weighted by Crippen LogP contribution is 2.39. The van der Waals surface area contributed by atoms with E-state index in [1.807, 2.05) is 20.0 Å². The van der Waals surface area contributed by atoms with Crippen molar-refractivity contribution in [1.29, 1.82) is 0 Å². The summed E-state index contributed by atoms with van der Waals surface area (Å²) in [6.45, 7) is 5.04. The van der Waals surface area contributed by atoms with E-state index in [2.05, 4.69) is 22.5 Å². The normalized spacial score (nSPS) is 16.6. The lowest BCUT2D eigenvalue weighted by molar-refractivity contribution is 0.0890. The molecule has 1 aliphatic carbocycles. The number of aryl methyl sites for hydroxylation is 1. The van der Waals surface area contributed by atoms with E-state index in [9.17, 15) is 4.79 Å². The van der Waals surface area contributed by atoms with Gasteiger partial charge in [-0.25, -0.2) is 4.98 Å². The van der Waals surface area contributed by atoms with Crippen molar-refractivity contribution >= 4 is 11.7 Å². The summed E-state index contributed by atoms with van der Waals surface area (Å²) in [6.07, 6.45) is 4.54. The number of amides is 1. The molecule has 19 heavy (non-hydrogen) atoms. The Morgan fingerprint density at radius 2 is 2.16 bits per heavy atom. The van der Waals surface area contributed by atoms with Crippen LogP contribution < -0.4 is 10.6 Å². The van der Waals surface area contributed by atoms with Gasteiger partial charge in [0.25, 0.3) is 5.91 Å². The third-order valence-electron chi connectivity index (χ3n) is 4.00. The summed E-state index contributed by atoms with van der Waals surface area (Å²) in [7, 11) is 1.82. The lowest BCUT2D eigenvalue weighted by Gasteiger charge is -2.38. The second kappa shape index (κ2) is 5.59. The fourth-order valence-electron chi connectivity index (χ4n) is 2.38. The van der Waals surface area contributed by atoms with Crippen LogP contribution in [0.1, 0.15) is 49.2 Å². The summed E-state index contributed by atoms with van der Waals surface area (Å²) >= 11 is 0. The molecule has 0 atom stereocenters. The summed E-state index contributed by atoms with van der Waals surface area (Å²) in [5, 5.41) is 6.05. The number of anilines is 1. The number of aromatic nitrogens is 1. The van der Waals surface area contributed by atoms with Crippen LogP contribution in [0.2, 0.25) is 0 Å². The van der Waals surface area contributed by atoms with Crippen molar-refractivity contribution in [1.82, 2.24) is 10.3 Å². The summed E-state index contributed by atoms with van der Waals surface area (Å²) in [4.78, 5) is 16.6. The zero-order chi connectivity index (χ0) is 13.9. The maximum absolute atomic E-state index is 12.2. The Labute approximate surface area is 115 Å². The van der Waals surface area contributed by atoms with Gasteiger partial charge in [-0.2, -0.15) is 0 Å². The molecule has 0 bridgehead atoms. The van der Waals surface area contributed by atoms with E-state index in [0.717, 1.165) is 24.5 Å². The summed E-state index contributed by atoms with van der Waals surface area (Å²) in [5.41, 5.74) is 1.94. The van der Waals surface area contributed by atoms with Crippen LogP contribution in [0, 0.1) is 5.41 Å². The predicted molar refractivity (Wildman–Crippen MR) is 77.5 cm³/mol. The third-order valence-corrected chi connectivity index (χ3v) is 4.00. The number of pyridine rings is 1. The van der Waals surface area contributed by atoms with Gasteiger partial charge >= 0.3 is 0 Å². The number of carbonyl (C=O) groups excluding carboxylic acids is 1. The van der Waals surface area contributed by atoms with Crippen molar-refractivity contribution < 1.29 is 4.79 Å². The topological polar surface area (TPSA) is 54.0 Å². The SMILES string of the molecule is CCc1cc(C(=O)NCC2(C)CCC2)cc(NC)n1. The van der Waals surface area contributed by atoms with E-state index in [-0.39, 0.29) is 5.91 Å². The monoisotopic (exact) mass is 261 g/mol. The number of nitrogens with zero attached hydrogens (tertiary/aromatic N) is 1. The first-order valence-corrected chi connectivity index (χ1v) is 7.03. The Morgan fingerprint density at radius 3 is 2.68 bits per heavy atom. The van der Waals surface area contributed by atoms with Gasteiger partial charge in [-0.1, -0.05) is 20.3 Å². The molecule has 4 heteroatoms. The Hall–Kier alpha value is -1.58. The molecule has 1 aromatic heterocycles. The largest absolute Gasteiger partial charge is 0.373 e. The lowest BCUT2D eigenvalue weighted by atomic mass is 9.70. The number of rotatable bonds is 5. The van der Waals surface area contributed by atoms with E-state index in [1.54, 1.807) is 6.07 Å². The number of hydrogen-bond acceptors (Lipinski definition) is 3. The van der Waals surface area contributed by atoms with E-state index in [1.165, 1.54) is 19.3 Å². The first-order valence-electron chi connectivity index (χ1n) is 7.03. The summed E-state index contributed by atoms with van der Waals surface area (Å²) in [5.74, 6) is 0.751. The highest BCUT2D eigenvalue weighted by Gasteiger charge is 2.31. The van der Waals surface area contributed by atoms with Gasteiger partial charge in [0.1, 0.15) is 5.82 Å². The summed E-state index contributed by atoms with van der Waals surface area (Å²) in [6, 6.07) is 3.68. The molecular formula is C15H23N3O. The fourth-order valence-corrected chi connectivity index (χ4v) is 2.38. The van der Waals surface area contributed by atoms with Gasteiger partial charge in [-0.3, -0.25) is 4.79 Å². The van der Waals surface area contributed by atoms with Crippen LogP contribution in [0.25, 0.3) is 0 Å². The van der Waals surface area contributed by atoms with Gasteiger partial charge in [0, 0.05) is 24.8 Å². The standard InChI is InChI=1S/C15H23N3O/c1-4-12-8-11(9-13(16-3)18-12)14(19)17-10-15(2)6-5-7-15/h8-9H,4-7,10H2,1-3H3,(H,16,18)(H,17,19). The van der Waals surface area contributed by atoms with Crippen LogP contribution in [-0.4, -0.2) is 24.5 Å². The maximum Gasteiger partial charge on any atom is 0.251 e.